The summed E-state index contributed by atoms with van der Waals surface area (Å²) in [5.74, 6) is -2.56. The van der Waals surface area contributed by atoms with Crippen LogP contribution in [0, 0.1) is 5.82 Å². The fourth-order valence-electron chi connectivity index (χ4n) is 2.06. The Morgan fingerprint density at radius 1 is 1.00 bits per heavy atom. The number of amides is 2. The Balaban J connectivity index is 2.41. The van der Waals surface area contributed by atoms with Crippen molar-refractivity contribution in [3.8, 4) is 0 Å². The number of nitrogens with one attached hydrogen (secondary N) is 2. The van der Waals surface area contributed by atoms with Gasteiger partial charge in [-0.15, -0.1) is 0 Å². The van der Waals surface area contributed by atoms with E-state index in [4.69, 9.17) is 23.2 Å². The minimum atomic E-state index is -4.81. The summed E-state index contributed by atoms with van der Waals surface area (Å²) in [6.07, 6.45) is -4.81. The first kappa shape index (κ1) is 20.0. The van der Waals surface area contributed by atoms with Crippen LogP contribution in [0.3, 0.4) is 0 Å². The van der Waals surface area contributed by atoms with Crippen LogP contribution in [0.4, 0.5) is 28.9 Å². The molecule has 26 heavy (non-hydrogen) atoms. The number of halogens is 6. The predicted octanol–water partition coefficient (Wildman–Crippen LogP) is 5.36. The first-order valence-electron chi connectivity index (χ1n) is 6.93. The van der Waals surface area contributed by atoms with Crippen LogP contribution in [0.2, 0.25) is 10.0 Å². The number of carbonyl (C=O) groups excluding carboxylic acids is 2. The van der Waals surface area contributed by atoms with Crippen LogP contribution < -0.4 is 10.6 Å². The normalized spacial score (nSPS) is 11.2. The van der Waals surface area contributed by atoms with Gasteiger partial charge >= 0.3 is 6.18 Å². The average Bonchev–Trinajstić information content (AvgIpc) is 2.50. The fourth-order valence-corrected chi connectivity index (χ4v) is 2.52. The summed E-state index contributed by atoms with van der Waals surface area (Å²) in [7, 11) is 0. The molecule has 2 aromatic carbocycles. The van der Waals surface area contributed by atoms with Crippen LogP contribution in [0.25, 0.3) is 0 Å². The van der Waals surface area contributed by atoms with Gasteiger partial charge < -0.3 is 10.6 Å². The molecule has 10 heteroatoms. The third-order valence-corrected chi connectivity index (χ3v) is 3.75. The van der Waals surface area contributed by atoms with E-state index in [2.05, 4.69) is 5.32 Å². The van der Waals surface area contributed by atoms with E-state index in [-0.39, 0.29) is 21.3 Å². The molecule has 2 N–H and O–H groups in total. The molecule has 0 aliphatic rings. The summed E-state index contributed by atoms with van der Waals surface area (Å²) in [6.45, 7) is 1.14. The number of hydrogen-bond donors (Lipinski definition) is 2. The van der Waals surface area contributed by atoms with E-state index in [0.717, 1.165) is 25.1 Å². The van der Waals surface area contributed by atoms with Crippen LogP contribution in [-0.2, 0) is 11.0 Å². The third-order valence-electron chi connectivity index (χ3n) is 3.15. The molecule has 0 spiro atoms. The highest BCUT2D eigenvalue weighted by molar-refractivity contribution is 6.37. The molecule has 0 atom stereocenters. The summed E-state index contributed by atoms with van der Waals surface area (Å²) in [6, 6.07) is 4.50. The molecule has 0 heterocycles. The van der Waals surface area contributed by atoms with Gasteiger partial charge in [-0.1, -0.05) is 23.2 Å². The topological polar surface area (TPSA) is 58.2 Å². The molecular formula is C16H10Cl2F4N2O2. The maximum atomic E-state index is 13.5. The van der Waals surface area contributed by atoms with E-state index in [0.29, 0.717) is 6.07 Å². The molecule has 0 unspecified atom stereocenters. The molecular weight excluding hydrogens is 399 g/mol. The summed E-state index contributed by atoms with van der Waals surface area (Å²) in [5, 5.41) is 3.69. The largest absolute Gasteiger partial charge is 0.418 e. The number of rotatable bonds is 3. The molecule has 0 aliphatic carbocycles. The summed E-state index contributed by atoms with van der Waals surface area (Å²) >= 11 is 11.3. The van der Waals surface area contributed by atoms with Gasteiger partial charge in [0.05, 0.1) is 26.9 Å². The predicted molar refractivity (Wildman–Crippen MR) is 90.1 cm³/mol. The number of hydrogen-bond acceptors (Lipinski definition) is 2. The smallest absolute Gasteiger partial charge is 0.326 e. The molecule has 2 aromatic rings. The highest BCUT2D eigenvalue weighted by Gasteiger charge is 2.34. The highest BCUT2D eigenvalue weighted by atomic mass is 35.5. The lowest BCUT2D eigenvalue weighted by Crippen LogP contribution is -2.18. The zero-order valence-electron chi connectivity index (χ0n) is 13.0. The van der Waals surface area contributed by atoms with Crippen molar-refractivity contribution in [2.45, 2.75) is 13.1 Å². The van der Waals surface area contributed by atoms with Crippen molar-refractivity contribution in [3.05, 3.63) is 57.3 Å². The number of benzene rings is 2. The summed E-state index contributed by atoms with van der Waals surface area (Å²) in [4.78, 5) is 23.2. The van der Waals surface area contributed by atoms with Gasteiger partial charge in [-0.25, -0.2) is 4.39 Å². The van der Waals surface area contributed by atoms with Crippen LogP contribution >= 0.6 is 23.2 Å². The SMILES string of the molecule is CC(=O)Nc1ccc(NC(=O)c2cc(F)c(Cl)cc2Cl)c(C(F)(F)F)c1. The minimum absolute atomic E-state index is 0.0987. The first-order valence-corrected chi connectivity index (χ1v) is 7.69. The van der Waals surface area contributed by atoms with Gasteiger partial charge in [-0.05, 0) is 30.3 Å². The zero-order valence-corrected chi connectivity index (χ0v) is 14.5. The molecule has 138 valence electrons. The standard InChI is InChI=1S/C16H10Cl2F4N2O2/c1-7(25)23-8-2-3-14(10(4-8)16(20,21)22)24-15(26)9-5-13(19)12(18)6-11(9)17/h2-6H,1H3,(H,23,25)(H,24,26). The van der Waals surface area contributed by atoms with Crippen LogP contribution in [-0.4, -0.2) is 11.8 Å². The van der Waals surface area contributed by atoms with Gasteiger partial charge in [0, 0.05) is 12.6 Å². The lowest BCUT2D eigenvalue weighted by molar-refractivity contribution is -0.137. The highest BCUT2D eigenvalue weighted by Crippen LogP contribution is 2.37. The molecule has 0 saturated heterocycles. The van der Waals surface area contributed by atoms with E-state index in [9.17, 15) is 27.2 Å². The Kier molecular flexibility index (Phi) is 5.77. The van der Waals surface area contributed by atoms with E-state index in [1.54, 1.807) is 0 Å². The molecule has 2 rings (SSSR count). The van der Waals surface area contributed by atoms with Gasteiger partial charge in [-0.3, -0.25) is 9.59 Å². The Morgan fingerprint density at radius 2 is 1.65 bits per heavy atom. The van der Waals surface area contributed by atoms with E-state index < -0.39 is 35.1 Å². The lowest BCUT2D eigenvalue weighted by atomic mass is 10.1. The quantitative estimate of drug-likeness (QED) is 0.530. The number of anilines is 2. The fraction of sp³-hybridized carbons (Fsp3) is 0.125. The molecule has 0 aliphatic heterocycles. The Morgan fingerprint density at radius 3 is 2.23 bits per heavy atom. The zero-order chi connectivity index (χ0) is 19.6. The van der Waals surface area contributed by atoms with Crippen molar-refractivity contribution < 1.29 is 27.2 Å². The second-order valence-electron chi connectivity index (χ2n) is 5.14. The second-order valence-corrected chi connectivity index (χ2v) is 5.95. The number of alkyl halides is 3. The van der Waals surface area contributed by atoms with Crippen molar-refractivity contribution >= 4 is 46.4 Å². The average molecular weight is 409 g/mol. The second kappa shape index (κ2) is 7.51. The molecule has 0 fully saturated rings. The van der Waals surface area contributed by atoms with Crippen molar-refractivity contribution in [1.29, 1.82) is 0 Å². The molecule has 4 nitrogen and oxygen atoms in total. The van der Waals surface area contributed by atoms with Gasteiger partial charge in [-0.2, -0.15) is 13.2 Å². The third kappa shape index (κ3) is 4.64. The van der Waals surface area contributed by atoms with Crippen LogP contribution in [0.15, 0.2) is 30.3 Å². The van der Waals surface area contributed by atoms with Gasteiger partial charge in [0.2, 0.25) is 5.91 Å². The van der Waals surface area contributed by atoms with Crippen LogP contribution in [0.1, 0.15) is 22.8 Å². The minimum Gasteiger partial charge on any atom is -0.326 e. The van der Waals surface area contributed by atoms with Crippen molar-refractivity contribution in [2.75, 3.05) is 10.6 Å². The molecule has 0 bridgehead atoms. The van der Waals surface area contributed by atoms with Gasteiger partial charge in [0.25, 0.3) is 5.91 Å². The van der Waals surface area contributed by atoms with E-state index in [1.165, 1.54) is 6.07 Å². The number of carbonyl (C=O) groups is 2. The van der Waals surface area contributed by atoms with E-state index >= 15 is 0 Å². The van der Waals surface area contributed by atoms with E-state index in [1.807, 2.05) is 5.32 Å². The molecule has 0 saturated carbocycles. The van der Waals surface area contributed by atoms with Gasteiger partial charge in [0.1, 0.15) is 5.82 Å². The summed E-state index contributed by atoms with van der Waals surface area (Å²) < 4.78 is 53.3. The molecule has 0 aromatic heterocycles. The molecule has 2 amide bonds. The van der Waals surface area contributed by atoms with Gasteiger partial charge in [0.15, 0.2) is 0 Å². The first-order chi connectivity index (χ1) is 12.0. The monoisotopic (exact) mass is 408 g/mol. The van der Waals surface area contributed by atoms with Crippen molar-refractivity contribution in [2.24, 2.45) is 0 Å². The Hall–Kier alpha value is -2.32. The molecule has 0 radical (unpaired) electrons. The van der Waals surface area contributed by atoms with Crippen molar-refractivity contribution in [1.82, 2.24) is 0 Å². The van der Waals surface area contributed by atoms with Crippen molar-refractivity contribution in [3.63, 3.8) is 0 Å². The maximum Gasteiger partial charge on any atom is 0.418 e. The Labute approximate surface area is 155 Å². The van der Waals surface area contributed by atoms with Crippen LogP contribution in [0.5, 0.6) is 0 Å². The Bertz CT molecular complexity index is 885. The maximum absolute atomic E-state index is 13.5. The lowest BCUT2D eigenvalue weighted by Gasteiger charge is -2.16. The summed E-state index contributed by atoms with van der Waals surface area (Å²) in [5.41, 5.74) is -2.25.